The molecule has 0 radical (unpaired) electrons. The Morgan fingerprint density at radius 3 is 2.78 bits per heavy atom. The van der Waals surface area contributed by atoms with Crippen molar-refractivity contribution >= 4 is 17.5 Å². The molecule has 0 bridgehead atoms. The van der Waals surface area contributed by atoms with E-state index in [1.54, 1.807) is 0 Å². The van der Waals surface area contributed by atoms with Gasteiger partial charge in [0.2, 0.25) is 5.95 Å². The zero-order valence-electron chi connectivity index (χ0n) is 15.1. The van der Waals surface area contributed by atoms with E-state index in [2.05, 4.69) is 25.9 Å². The number of nitrogens with two attached hydrogens (primary N) is 1. The van der Waals surface area contributed by atoms with Crippen molar-refractivity contribution in [2.24, 2.45) is 0 Å². The summed E-state index contributed by atoms with van der Waals surface area (Å²) < 4.78 is 0. The van der Waals surface area contributed by atoms with Crippen LogP contribution in [0, 0.1) is 0 Å². The minimum absolute atomic E-state index is 0.325. The van der Waals surface area contributed by atoms with Crippen LogP contribution in [0.3, 0.4) is 0 Å². The zero-order chi connectivity index (χ0) is 18.6. The first-order valence-corrected chi connectivity index (χ1v) is 9.56. The third-order valence-electron chi connectivity index (χ3n) is 5.01. The molecule has 1 fully saturated rings. The van der Waals surface area contributed by atoms with Gasteiger partial charge in [0.25, 0.3) is 0 Å². The van der Waals surface area contributed by atoms with Gasteiger partial charge in [-0.15, -0.1) is 0 Å². The van der Waals surface area contributed by atoms with Crippen LogP contribution in [0.4, 0.5) is 5.95 Å². The van der Waals surface area contributed by atoms with E-state index in [0.29, 0.717) is 11.9 Å². The Hall–Kier alpha value is -2.50. The third-order valence-corrected chi connectivity index (χ3v) is 5.27. The van der Waals surface area contributed by atoms with Crippen LogP contribution in [0.1, 0.15) is 30.0 Å². The monoisotopic (exact) mass is 379 g/mol. The number of nitrogens with zero attached hydrogens (tertiary/aromatic N) is 4. The average Bonchev–Trinajstić information content (AvgIpc) is 2.70. The number of rotatable bonds is 4. The fourth-order valence-corrected chi connectivity index (χ4v) is 3.87. The average molecular weight is 380 g/mol. The molecule has 138 valence electrons. The molecular formula is C21H22ClN5. The van der Waals surface area contributed by atoms with Crippen molar-refractivity contribution in [1.82, 2.24) is 19.9 Å². The maximum Gasteiger partial charge on any atom is 0.220 e. The normalized spacial score (nSPS) is 17.7. The van der Waals surface area contributed by atoms with E-state index in [-0.39, 0.29) is 0 Å². The van der Waals surface area contributed by atoms with Gasteiger partial charge in [0, 0.05) is 48.2 Å². The number of hydrogen-bond donors (Lipinski definition) is 1. The predicted octanol–water partition coefficient (Wildman–Crippen LogP) is 4.15. The molecule has 0 aliphatic carbocycles. The highest BCUT2D eigenvalue weighted by atomic mass is 35.5. The third kappa shape index (κ3) is 4.26. The number of piperidine rings is 1. The molecule has 2 N–H and O–H groups in total. The molecule has 1 aliphatic heterocycles. The van der Waals surface area contributed by atoms with E-state index in [4.69, 9.17) is 17.3 Å². The number of pyridine rings is 1. The van der Waals surface area contributed by atoms with Crippen LogP contribution in [0.15, 0.2) is 55.0 Å². The molecule has 27 heavy (non-hydrogen) atoms. The molecule has 3 heterocycles. The fraction of sp³-hybridized carbons (Fsp3) is 0.286. The largest absolute Gasteiger partial charge is 0.368 e. The van der Waals surface area contributed by atoms with E-state index in [1.807, 2.05) is 48.9 Å². The summed E-state index contributed by atoms with van der Waals surface area (Å²) in [5.74, 6) is 0.651. The van der Waals surface area contributed by atoms with Crippen molar-refractivity contribution in [2.75, 3.05) is 18.8 Å². The highest BCUT2D eigenvalue weighted by Crippen LogP contribution is 2.34. The second-order valence-electron chi connectivity index (χ2n) is 6.97. The number of nitrogen functional groups attached to an aromatic ring is 1. The Balaban J connectivity index is 1.60. The van der Waals surface area contributed by atoms with Gasteiger partial charge in [0.15, 0.2) is 0 Å². The lowest BCUT2D eigenvalue weighted by atomic mass is 9.90. The van der Waals surface area contributed by atoms with Crippen LogP contribution < -0.4 is 5.73 Å². The van der Waals surface area contributed by atoms with E-state index in [9.17, 15) is 0 Å². The standard InChI is InChI=1S/C21H22ClN5/c22-18-7-5-16(6-8-18)19-12-25-21(23)26-20(19)17-4-2-10-27(14-17)13-15-3-1-9-24-11-15/h1,3,5-9,11-12,17H,2,4,10,13-14H2,(H2,23,25,26)/t17-/m1/s1. The van der Waals surface area contributed by atoms with Gasteiger partial charge in [-0.1, -0.05) is 29.8 Å². The molecular weight excluding hydrogens is 358 g/mol. The van der Waals surface area contributed by atoms with E-state index >= 15 is 0 Å². The second kappa shape index (κ2) is 8.03. The molecule has 1 atom stereocenters. The Kier molecular flexibility index (Phi) is 5.32. The Morgan fingerprint density at radius 2 is 2.00 bits per heavy atom. The van der Waals surface area contributed by atoms with Crippen LogP contribution in [-0.2, 0) is 6.54 Å². The maximum atomic E-state index is 6.05. The van der Waals surface area contributed by atoms with Crippen molar-refractivity contribution in [3.8, 4) is 11.1 Å². The highest BCUT2D eigenvalue weighted by Gasteiger charge is 2.25. The summed E-state index contributed by atoms with van der Waals surface area (Å²) in [5, 5.41) is 0.719. The number of halogens is 1. The van der Waals surface area contributed by atoms with Crippen molar-refractivity contribution in [3.05, 3.63) is 71.3 Å². The first kappa shape index (κ1) is 17.9. The van der Waals surface area contributed by atoms with Gasteiger partial charge in [-0.3, -0.25) is 9.88 Å². The summed E-state index contributed by atoms with van der Waals surface area (Å²) in [6.45, 7) is 2.94. The second-order valence-corrected chi connectivity index (χ2v) is 7.41. The first-order chi connectivity index (χ1) is 13.2. The Bertz CT molecular complexity index is 898. The van der Waals surface area contributed by atoms with Crippen LogP contribution in [-0.4, -0.2) is 32.9 Å². The summed E-state index contributed by atoms with van der Waals surface area (Å²) in [6, 6.07) is 11.9. The molecule has 2 aromatic heterocycles. The van der Waals surface area contributed by atoms with Crippen molar-refractivity contribution in [3.63, 3.8) is 0 Å². The summed E-state index contributed by atoms with van der Waals surface area (Å²) >= 11 is 6.05. The molecule has 1 aromatic carbocycles. The van der Waals surface area contributed by atoms with E-state index in [1.165, 1.54) is 5.56 Å². The SMILES string of the molecule is Nc1ncc(-c2ccc(Cl)cc2)c([C@@H]2CCCN(Cc3cccnc3)C2)n1. The maximum absolute atomic E-state index is 6.05. The molecule has 0 unspecified atom stereocenters. The molecule has 0 amide bonds. The fourth-order valence-electron chi connectivity index (χ4n) is 3.74. The summed E-state index contributed by atoms with van der Waals surface area (Å²) in [6.07, 6.45) is 7.81. The van der Waals surface area contributed by atoms with Crippen LogP contribution in [0.5, 0.6) is 0 Å². The van der Waals surface area contributed by atoms with Crippen molar-refractivity contribution in [1.29, 1.82) is 0 Å². The van der Waals surface area contributed by atoms with Gasteiger partial charge in [0.1, 0.15) is 0 Å². The number of anilines is 1. The molecule has 6 heteroatoms. The molecule has 0 saturated carbocycles. The van der Waals surface area contributed by atoms with Gasteiger partial charge < -0.3 is 5.73 Å². The predicted molar refractivity (Wildman–Crippen MR) is 108 cm³/mol. The Labute approximate surface area is 164 Å². The smallest absolute Gasteiger partial charge is 0.220 e. The highest BCUT2D eigenvalue weighted by molar-refractivity contribution is 6.30. The quantitative estimate of drug-likeness (QED) is 0.737. The van der Waals surface area contributed by atoms with Gasteiger partial charge in [-0.05, 0) is 48.7 Å². The van der Waals surface area contributed by atoms with Gasteiger partial charge in [-0.2, -0.15) is 0 Å². The molecule has 1 saturated heterocycles. The molecule has 5 nitrogen and oxygen atoms in total. The number of benzene rings is 1. The van der Waals surface area contributed by atoms with Crippen molar-refractivity contribution in [2.45, 2.75) is 25.3 Å². The molecule has 4 rings (SSSR count). The molecule has 3 aromatic rings. The lowest BCUT2D eigenvalue weighted by Crippen LogP contribution is -2.34. The topological polar surface area (TPSA) is 67.9 Å². The van der Waals surface area contributed by atoms with Gasteiger partial charge >= 0.3 is 0 Å². The van der Waals surface area contributed by atoms with Crippen LogP contribution in [0.25, 0.3) is 11.1 Å². The first-order valence-electron chi connectivity index (χ1n) is 9.18. The van der Waals surface area contributed by atoms with Crippen molar-refractivity contribution < 1.29 is 0 Å². The minimum Gasteiger partial charge on any atom is -0.368 e. The zero-order valence-corrected chi connectivity index (χ0v) is 15.8. The molecule has 1 aliphatic rings. The minimum atomic E-state index is 0.325. The molecule has 0 spiro atoms. The summed E-state index contributed by atoms with van der Waals surface area (Å²) in [7, 11) is 0. The van der Waals surface area contributed by atoms with Crippen LogP contribution in [0.2, 0.25) is 5.02 Å². The number of aromatic nitrogens is 3. The van der Waals surface area contributed by atoms with Gasteiger partial charge in [-0.25, -0.2) is 9.97 Å². The lowest BCUT2D eigenvalue weighted by Gasteiger charge is -2.33. The van der Waals surface area contributed by atoms with Crippen LogP contribution >= 0.6 is 11.6 Å². The Morgan fingerprint density at radius 1 is 1.15 bits per heavy atom. The van der Waals surface area contributed by atoms with E-state index < -0.39 is 0 Å². The number of likely N-dealkylation sites (tertiary alicyclic amines) is 1. The summed E-state index contributed by atoms with van der Waals surface area (Å²) in [5.41, 5.74) is 10.3. The van der Waals surface area contributed by atoms with E-state index in [0.717, 1.165) is 54.3 Å². The number of hydrogen-bond acceptors (Lipinski definition) is 5. The van der Waals surface area contributed by atoms with Gasteiger partial charge in [0.05, 0.1) is 5.69 Å². The lowest BCUT2D eigenvalue weighted by molar-refractivity contribution is 0.198. The summed E-state index contributed by atoms with van der Waals surface area (Å²) in [4.78, 5) is 15.6.